The summed E-state index contributed by atoms with van der Waals surface area (Å²) in [5, 5.41) is 13.2. The van der Waals surface area contributed by atoms with E-state index in [0.29, 0.717) is 35.4 Å². The molecule has 0 radical (unpaired) electrons. The quantitative estimate of drug-likeness (QED) is 0.493. The van der Waals surface area contributed by atoms with Crippen LogP contribution in [0.25, 0.3) is 10.9 Å². The number of rotatable bonds is 6. The fourth-order valence-corrected chi connectivity index (χ4v) is 4.95. The molecule has 1 N–H and O–H groups in total. The van der Waals surface area contributed by atoms with Gasteiger partial charge in [0.2, 0.25) is 5.91 Å². The molecule has 1 amide bonds. The van der Waals surface area contributed by atoms with E-state index in [1.165, 1.54) is 11.8 Å². The zero-order chi connectivity index (χ0) is 21.0. The van der Waals surface area contributed by atoms with Crippen LogP contribution in [0.15, 0.2) is 32.6 Å². The zero-order valence-electron chi connectivity index (χ0n) is 16.7. The number of nitrogens with zero attached hydrogens (tertiary/aromatic N) is 3. The predicted octanol–water partition coefficient (Wildman–Crippen LogP) is 4.39. The van der Waals surface area contributed by atoms with E-state index in [0.717, 1.165) is 30.2 Å². The molecule has 1 aliphatic rings. The number of carbonyl (C=O) groups excluding carboxylic acids is 1. The molecule has 3 rings (SSSR count). The first-order valence-electron chi connectivity index (χ1n) is 9.99. The highest BCUT2D eigenvalue weighted by atomic mass is 79.9. The largest absolute Gasteiger partial charge is 0.337 e. The van der Waals surface area contributed by atoms with Gasteiger partial charge in [-0.1, -0.05) is 53.9 Å². The highest BCUT2D eigenvalue weighted by molar-refractivity contribution is 9.10. The van der Waals surface area contributed by atoms with E-state index in [2.05, 4.69) is 32.3 Å². The van der Waals surface area contributed by atoms with Gasteiger partial charge >= 0.3 is 0 Å². The maximum Gasteiger partial charge on any atom is 0.262 e. The maximum atomic E-state index is 13.0. The van der Waals surface area contributed by atoms with Gasteiger partial charge in [-0.15, -0.1) is 0 Å². The molecule has 0 spiro atoms. The molecule has 1 atom stereocenters. The van der Waals surface area contributed by atoms with Gasteiger partial charge < -0.3 is 5.32 Å². The first-order chi connectivity index (χ1) is 13.9. The molecule has 1 aromatic heterocycles. The van der Waals surface area contributed by atoms with E-state index in [9.17, 15) is 14.9 Å². The summed E-state index contributed by atoms with van der Waals surface area (Å²) < 4.78 is 2.47. The molecule has 0 bridgehead atoms. The number of hydrogen-bond acceptors (Lipinski definition) is 5. The van der Waals surface area contributed by atoms with Crippen molar-refractivity contribution in [3.63, 3.8) is 0 Å². The predicted molar refractivity (Wildman–Crippen MR) is 119 cm³/mol. The van der Waals surface area contributed by atoms with Crippen molar-refractivity contribution >= 4 is 44.5 Å². The lowest BCUT2D eigenvalue weighted by molar-refractivity contribution is -0.121. The summed E-state index contributed by atoms with van der Waals surface area (Å²) in [6.07, 6.45) is 5.17. The molecule has 2 aromatic rings. The number of halogens is 1. The first-order valence-corrected chi connectivity index (χ1v) is 11.7. The number of nitrogens with one attached hydrogen (secondary N) is 1. The van der Waals surface area contributed by atoms with Gasteiger partial charge in [-0.25, -0.2) is 4.98 Å². The summed E-state index contributed by atoms with van der Waals surface area (Å²) in [7, 11) is 0. The van der Waals surface area contributed by atoms with Crippen LogP contribution in [0.2, 0.25) is 0 Å². The van der Waals surface area contributed by atoms with Crippen LogP contribution in [0, 0.1) is 11.3 Å². The topological polar surface area (TPSA) is 87.8 Å². The van der Waals surface area contributed by atoms with Crippen LogP contribution < -0.4 is 10.9 Å². The van der Waals surface area contributed by atoms with Crippen molar-refractivity contribution in [1.82, 2.24) is 14.9 Å². The number of fused-ring (bicyclic) bond motifs is 1. The number of amides is 1. The number of carbonyl (C=O) groups is 1. The van der Waals surface area contributed by atoms with Gasteiger partial charge in [-0.3, -0.25) is 14.2 Å². The fraction of sp³-hybridized carbons (Fsp3) is 0.524. The molecular formula is C21H25BrN4O2S. The monoisotopic (exact) mass is 476 g/mol. The highest BCUT2D eigenvalue weighted by Crippen LogP contribution is 2.29. The first kappa shape index (κ1) is 21.8. The van der Waals surface area contributed by atoms with E-state index in [1.807, 2.05) is 13.0 Å². The summed E-state index contributed by atoms with van der Waals surface area (Å²) in [5.41, 5.74) is -0.258. The Hall–Kier alpha value is -1.85. The normalized spacial score (nSPS) is 16.9. The summed E-state index contributed by atoms with van der Waals surface area (Å²) >= 11 is 4.67. The van der Waals surface area contributed by atoms with Gasteiger partial charge in [0, 0.05) is 11.0 Å². The summed E-state index contributed by atoms with van der Waals surface area (Å²) in [6, 6.07) is 7.75. The zero-order valence-corrected chi connectivity index (χ0v) is 19.1. The van der Waals surface area contributed by atoms with E-state index in [4.69, 9.17) is 0 Å². The van der Waals surface area contributed by atoms with Crippen LogP contribution in [0.3, 0.4) is 0 Å². The van der Waals surface area contributed by atoms with Crippen molar-refractivity contribution in [2.75, 3.05) is 0 Å². The van der Waals surface area contributed by atoms with Crippen molar-refractivity contribution < 1.29 is 4.79 Å². The Balaban J connectivity index is 1.87. The number of nitriles is 1. The molecule has 1 saturated carbocycles. The van der Waals surface area contributed by atoms with Gasteiger partial charge in [-0.2, -0.15) is 5.26 Å². The maximum absolute atomic E-state index is 13.0. The SMILES string of the molecule is CCCn1c(SC(C)C(=O)NC2(C#N)CCCCC2)nc2ccc(Br)cc2c1=O. The van der Waals surface area contributed by atoms with Gasteiger partial charge in [0.1, 0.15) is 5.54 Å². The minimum atomic E-state index is -0.768. The van der Waals surface area contributed by atoms with Crippen molar-refractivity contribution in [2.45, 2.75) is 74.9 Å². The molecule has 1 heterocycles. The average molecular weight is 477 g/mol. The smallest absolute Gasteiger partial charge is 0.262 e. The van der Waals surface area contributed by atoms with Crippen molar-refractivity contribution in [1.29, 1.82) is 5.26 Å². The Bertz CT molecular complexity index is 1010. The Kier molecular flexibility index (Phi) is 7.01. The van der Waals surface area contributed by atoms with Gasteiger partial charge in [0.15, 0.2) is 5.16 Å². The standard InChI is InChI=1S/C21H25BrN4O2S/c1-3-11-26-19(28)16-12-15(22)7-8-17(16)24-20(26)29-14(2)18(27)25-21(13-23)9-5-4-6-10-21/h7-8,12,14H,3-6,9-11H2,1-2H3,(H,25,27). The number of hydrogen-bond donors (Lipinski definition) is 1. The third-order valence-electron chi connectivity index (χ3n) is 5.26. The lowest BCUT2D eigenvalue weighted by Gasteiger charge is -2.32. The molecule has 0 saturated heterocycles. The van der Waals surface area contributed by atoms with Crippen LogP contribution in [-0.2, 0) is 11.3 Å². The van der Waals surface area contributed by atoms with Gasteiger partial charge in [0.25, 0.3) is 5.56 Å². The minimum absolute atomic E-state index is 0.103. The third-order valence-corrected chi connectivity index (χ3v) is 6.85. The summed E-state index contributed by atoms with van der Waals surface area (Å²) in [6.45, 7) is 4.33. The molecule has 29 heavy (non-hydrogen) atoms. The Morgan fingerprint density at radius 2 is 2.14 bits per heavy atom. The van der Waals surface area contributed by atoms with Crippen LogP contribution >= 0.6 is 27.7 Å². The molecule has 1 aromatic carbocycles. The van der Waals surface area contributed by atoms with E-state index in [-0.39, 0.29) is 11.5 Å². The van der Waals surface area contributed by atoms with Crippen LogP contribution in [0.1, 0.15) is 52.4 Å². The van der Waals surface area contributed by atoms with Crippen molar-refractivity contribution in [3.05, 3.63) is 33.0 Å². The summed E-state index contributed by atoms with van der Waals surface area (Å²) in [5.74, 6) is -0.188. The fourth-order valence-electron chi connectivity index (χ4n) is 3.65. The molecule has 6 nitrogen and oxygen atoms in total. The molecule has 8 heteroatoms. The molecule has 1 unspecified atom stereocenters. The Morgan fingerprint density at radius 1 is 1.41 bits per heavy atom. The van der Waals surface area contributed by atoms with E-state index in [1.54, 1.807) is 23.6 Å². The molecule has 1 aliphatic carbocycles. The Labute approximate surface area is 183 Å². The average Bonchev–Trinajstić information content (AvgIpc) is 2.72. The second-order valence-corrected chi connectivity index (χ2v) is 9.74. The van der Waals surface area contributed by atoms with Crippen LogP contribution in [-0.4, -0.2) is 26.2 Å². The molecule has 154 valence electrons. The van der Waals surface area contributed by atoms with Crippen molar-refractivity contribution in [3.8, 4) is 6.07 Å². The second-order valence-electron chi connectivity index (χ2n) is 7.52. The van der Waals surface area contributed by atoms with Gasteiger partial charge in [0.05, 0.1) is 22.2 Å². The minimum Gasteiger partial charge on any atom is -0.337 e. The van der Waals surface area contributed by atoms with Crippen molar-refractivity contribution in [2.24, 2.45) is 0 Å². The second kappa shape index (κ2) is 9.31. The number of benzene rings is 1. The number of thioether (sulfide) groups is 1. The lowest BCUT2D eigenvalue weighted by Crippen LogP contribution is -2.51. The number of aromatic nitrogens is 2. The van der Waals surface area contributed by atoms with Gasteiger partial charge in [-0.05, 0) is 44.4 Å². The van der Waals surface area contributed by atoms with E-state index < -0.39 is 10.8 Å². The lowest BCUT2D eigenvalue weighted by atomic mass is 9.83. The molecular weight excluding hydrogens is 452 g/mol. The summed E-state index contributed by atoms with van der Waals surface area (Å²) in [4.78, 5) is 30.5. The van der Waals surface area contributed by atoms with Crippen LogP contribution in [0.5, 0.6) is 0 Å². The van der Waals surface area contributed by atoms with Crippen LogP contribution in [0.4, 0.5) is 0 Å². The molecule has 1 fully saturated rings. The molecule has 0 aliphatic heterocycles. The highest BCUT2D eigenvalue weighted by Gasteiger charge is 2.35. The third kappa shape index (κ3) is 4.84. The Morgan fingerprint density at radius 3 is 2.79 bits per heavy atom. The van der Waals surface area contributed by atoms with E-state index >= 15 is 0 Å².